The fraction of sp³-hybridized carbons (Fsp3) is 0.467. The number of rotatable bonds is 2. The summed E-state index contributed by atoms with van der Waals surface area (Å²) in [5.41, 5.74) is 0.340. The molecule has 1 aliphatic heterocycles. The molecule has 1 aliphatic rings. The summed E-state index contributed by atoms with van der Waals surface area (Å²) in [6, 6.07) is 2.02. The molecule has 1 saturated heterocycles. The molecule has 0 aliphatic carbocycles. The van der Waals surface area contributed by atoms with Gasteiger partial charge >= 0.3 is 0 Å². The van der Waals surface area contributed by atoms with E-state index in [1.807, 2.05) is 0 Å². The summed E-state index contributed by atoms with van der Waals surface area (Å²) in [7, 11) is 1.81. The van der Waals surface area contributed by atoms with Crippen molar-refractivity contribution >= 4 is 17.5 Å². The zero-order valence-corrected chi connectivity index (χ0v) is 13.2. The molecule has 0 unspecified atom stereocenters. The SMILES string of the molecule is CC1CCN(c2nnc(-c3cc(F)c(F)cc3Cl)n2C)CC1. The Hall–Kier alpha value is -1.69. The van der Waals surface area contributed by atoms with Crippen molar-refractivity contribution in [1.29, 1.82) is 0 Å². The molecule has 3 rings (SSSR count). The quantitative estimate of drug-likeness (QED) is 0.790. The van der Waals surface area contributed by atoms with Crippen LogP contribution in [-0.4, -0.2) is 27.9 Å². The van der Waals surface area contributed by atoms with Gasteiger partial charge in [-0.3, -0.25) is 4.57 Å². The Morgan fingerprint density at radius 1 is 1.14 bits per heavy atom. The molecule has 1 aromatic carbocycles. The molecular weight excluding hydrogens is 310 g/mol. The Morgan fingerprint density at radius 2 is 1.77 bits per heavy atom. The first-order valence-electron chi connectivity index (χ1n) is 7.26. The lowest BCUT2D eigenvalue weighted by molar-refractivity contribution is 0.432. The van der Waals surface area contributed by atoms with Crippen LogP contribution in [0.5, 0.6) is 0 Å². The number of benzene rings is 1. The molecule has 118 valence electrons. The van der Waals surface area contributed by atoms with Crippen LogP contribution in [0.1, 0.15) is 19.8 Å². The van der Waals surface area contributed by atoms with Crippen LogP contribution in [0.4, 0.5) is 14.7 Å². The van der Waals surface area contributed by atoms with Gasteiger partial charge in [-0.05, 0) is 30.9 Å². The van der Waals surface area contributed by atoms with E-state index in [1.54, 1.807) is 11.6 Å². The first-order valence-corrected chi connectivity index (χ1v) is 7.64. The molecule has 2 heterocycles. The van der Waals surface area contributed by atoms with Crippen LogP contribution in [0, 0.1) is 17.6 Å². The lowest BCUT2D eigenvalue weighted by Crippen LogP contribution is -2.34. The summed E-state index contributed by atoms with van der Waals surface area (Å²) < 4.78 is 28.4. The molecular formula is C15H17ClF2N4. The van der Waals surface area contributed by atoms with Gasteiger partial charge in [0, 0.05) is 25.7 Å². The lowest BCUT2D eigenvalue weighted by Gasteiger charge is -2.30. The van der Waals surface area contributed by atoms with Crippen LogP contribution in [0.2, 0.25) is 5.02 Å². The zero-order chi connectivity index (χ0) is 15.9. The van der Waals surface area contributed by atoms with Crippen LogP contribution in [-0.2, 0) is 7.05 Å². The second-order valence-corrected chi connectivity index (χ2v) is 6.21. The van der Waals surface area contributed by atoms with Gasteiger partial charge in [-0.25, -0.2) is 8.78 Å². The van der Waals surface area contributed by atoms with E-state index in [2.05, 4.69) is 22.0 Å². The molecule has 1 aromatic heterocycles. The molecule has 7 heteroatoms. The Bertz CT molecular complexity index is 693. The van der Waals surface area contributed by atoms with Gasteiger partial charge in [-0.2, -0.15) is 0 Å². The number of piperidine rings is 1. The van der Waals surface area contributed by atoms with E-state index in [4.69, 9.17) is 11.6 Å². The lowest BCUT2D eigenvalue weighted by atomic mass is 10.00. The topological polar surface area (TPSA) is 34.0 Å². The maximum Gasteiger partial charge on any atom is 0.227 e. The summed E-state index contributed by atoms with van der Waals surface area (Å²) in [4.78, 5) is 2.16. The van der Waals surface area contributed by atoms with Crippen molar-refractivity contribution in [3.05, 3.63) is 28.8 Å². The van der Waals surface area contributed by atoms with E-state index >= 15 is 0 Å². The largest absolute Gasteiger partial charge is 0.341 e. The highest BCUT2D eigenvalue weighted by atomic mass is 35.5. The van der Waals surface area contributed by atoms with Crippen molar-refractivity contribution in [1.82, 2.24) is 14.8 Å². The smallest absolute Gasteiger partial charge is 0.227 e. The highest BCUT2D eigenvalue weighted by molar-refractivity contribution is 6.33. The van der Waals surface area contributed by atoms with Gasteiger partial charge in [0.25, 0.3) is 0 Å². The highest BCUT2D eigenvalue weighted by Crippen LogP contribution is 2.31. The van der Waals surface area contributed by atoms with Gasteiger partial charge in [0.15, 0.2) is 17.5 Å². The predicted octanol–water partition coefficient (Wildman–Crippen LogP) is 3.65. The van der Waals surface area contributed by atoms with Gasteiger partial charge in [0.05, 0.1) is 5.02 Å². The minimum absolute atomic E-state index is 0.119. The maximum absolute atomic E-state index is 13.5. The fourth-order valence-electron chi connectivity index (χ4n) is 2.73. The molecule has 0 atom stereocenters. The van der Waals surface area contributed by atoms with E-state index in [1.165, 1.54) is 0 Å². The monoisotopic (exact) mass is 326 g/mol. The first kappa shape index (κ1) is 15.2. The van der Waals surface area contributed by atoms with Gasteiger partial charge in [-0.15, -0.1) is 10.2 Å². The molecule has 0 N–H and O–H groups in total. The summed E-state index contributed by atoms with van der Waals surface area (Å²) in [5.74, 6) is -0.0540. The van der Waals surface area contributed by atoms with Gasteiger partial charge in [-0.1, -0.05) is 18.5 Å². The molecule has 0 radical (unpaired) electrons. The maximum atomic E-state index is 13.5. The summed E-state index contributed by atoms with van der Waals surface area (Å²) >= 11 is 6.02. The summed E-state index contributed by atoms with van der Waals surface area (Å²) in [6.45, 7) is 4.07. The number of hydrogen-bond donors (Lipinski definition) is 0. The van der Waals surface area contributed by atoms with E-state index < -0.39 is 11.6 Å². The van der Waals surface area contributed by atoms with Crippen LogP contribution >= 0.6 is 11.6 Å². The van der Waals surface area contributed by atoms with Crippen molar-refractivity contribution in [2.75, 3.05) is 18.0 Å². The molecule has 0 spiro atoms. The van der Waals surface area contributed by atoms with Crippen LogP contribution in [0.15, 0.2) is 12.1 Å². The average Bonchev–Trinajstić information content (AvgIpc) is 2.85. The number of hydrogen-bond acceptors (Lipinski definition) is 3. The minimum atomic E-state index is -0.971. The third-order valence-corrected chi connectivity index (χ3v) is 4.48. The molecule has 4 nitrogen and oxygen atoms in total. The van der Waals surface area contributed by atoms with Crippen molar-refractivity contribution < 1.29 is 8.78 Å². The number of nitrogens with zero attached hydrogens (tertiary/aromatic N) is 4. The average molecular weight is 327 g/mol. The number of aromatic nitrogens is 3. The summed E-state index contributed by atoms with van der Waals surface area (Å²) in [5, 5.41) is 8.43. The molecule has 0 amide bonds. The first-order chi connectivity index (χ1) is 10.5. The minimum Gasteiger partial charge on any atom is -0.341 e. The Morgan fingerprint density at radius 3 is 2.45 bits per heavy atom. The van der Waals surface area contributed by atoms with Crippen molar-refractivity contribution in [2.45, 2.75) is 19.8 Å². The van der Waals surface area contributed by atoms with Gasteiger partial charge < -0.3 is 4.90 Å². The normalized spacial score (nSPS) is 16.3. The number of anilines is 1. The molecule has 22 heavy (non-hydrogen) atoms. The van der Waals surface area contributed by atoms with Gasteiger partial charge in [0.1, 0.15) is 0 Å². The molecule has 1 fully saturated rings. The Balaban J connectivity index is 1.95. The predicted molar refractivity (Wildman–Crippen MR) is 82.0 cm³/mol. The van der Waals surface area contributed by atoms with Crippen molar-refractivity contribution in [2.24, 2.45) is 13.0 Å². The Labute approximate surface area is 132 Å². The van der Waals surface area contributed by atoms with E-state index in [0.717, 1.165) is 44.0 Å². The third-order valence-electron chi connectivity index (χ3n) is 4.17. The van der Waals surface area contributed by atoms with E-state index in [-0.39, 0.29) is 5.02 Å². The molecule has 2 aromatic rings. The van der Waals surface area contributed by atoms with E-state index in [0.29, 0.717) is 17.3 Å². The standard InChI is InChI=1S/C15H17ClF2N4/c1-9-3-5-22(6-4-9)15-20-19-14(21(15)2)10-7-12(17)13(18)8-11(10)16/h7-9H,3-6H2,1-2H3. The van der Waals surface area contributed by atoms with Gasteiger partial charge in [0.2, 0.25) is 5.95 Å². The van der Waals surface area contributed by atoms with Crippen molar-refractivity contribution in [3.8, 4) is 11.4 Å². The second kappa shape index (κ2) is 5.83. The zero-order valence-electron chi connectivity index (χ0n) is 12.5. The van der Waals surface area contributed by atoms with Crippen LogP contribution in [0.3, 0.4) is 0 Å². The van der Waals surface area contributed by atoms with Crippen LogP contribution < -0.4 is 4.90 Å². The molecule has 0 saturated carbocycles. The number of halogens is 3. The fourth-order valence-corrected chi connectivity index (χ4v) is 2.97. The van der Waals surface area contributed by atoms with Crippen LogP contribution in [0.25, 0.3) is 11.4 Å². The highest BCUT2D eigenvalue weighted by Gasteiger charge is 2.23. The third kappa shape index (κ3) is 2.67. The molecule has 0 bridgehead atoms. The van der Waals surface area contributed by atoms with Crippen molar-refractivity contribution in [3.63, 3.8) is 0 Å². The van der Waals surface area contributed by atoms with E-state index in [9.17, 15) is 8.78 Å². The second-order valence-electron chi connectivity index (χ2n) is 5.80. The summed E-state index contributed by atoms with van der Waals surface area (Å²) in [6.07, 6.45) is 2.21. The Kier molecular flexibility index (Phi) is 4.04.